The lowest BCUT2D eigenvalue weighted by Crippen LogP contribution is -2.23. The minimum absolute atomic E-state index is 0.0561. The largest absolute Gasteiger partial charge is 0.375 e. The fourth-order valence-corrected chi connectivity index (χ4v) is 3.69. The second-order valence-electron chi connectivity index (χ2n) is 5.82. The normalized spacial score (nSPS) is 11.3. The maximum atomic E-state index is 13.9. The van der Waals surface area contributed by atoms with E-state index in [0.717, 1.165) is 23.1 Å². The molecule has 0 saturated heterocycles. The van der Waals surface area contributed by atoms with Crippen LogP contribution in [-0.4, -0.2) is 27.1 Å². The molecule has 2 N–H and O–H groups in total. The lowest BCUT2D eigenvalue weighted by Gasteiger charge is -2.12. The first-order chi connectivity index (χ1) is 12.4. The number of hydrogen-bond acceptors (Lipinski definition) is 4. The molecule has 3 aromatic rings. The molecule has 0 unspecified atom stereocenters. The minimum atomic E-state index is -3.77. The van der Waals surface area contributed by atoms with Gasteiger partial charge in [0.2, 0.25) is 5.91 Å². The zero-order valence-corrected chi connectivity index (χ0v) is 14.8. The van der Waals surface area contributed by atoms with Crippen LogP contribution in [0.2, 0.25) is 0 Å². The first-order valence-electron chi connectivity index (χ1n) is 7.86. The molecule has 0 bridgehead atoms. The predicted molar refractivity (Wildman–Crippen MR) is 101 cm³/mol. The summed E-state index contributed by atoms with van der Waals surface area (Å²) in [4.78, 5) is 11.8. The Morgan fingerprint density at radius 2 is 1.62 bits per heavy atom. The van der Waals surface area contributed by atoms with Crippen LogP contribution >= 0.6 is 0 Å². The maximum absolute atomic E-state index is 13.9. The molecule has 3 aromatic carbocycles. The van der Waals surface area contributed by atoms with Crippen LogP contribution in [0.1, 0.15) is 0 Å². The molecule has 134 valence electrons. The molecule has 3 rings (SSSR count). The summed E-state index contributed by atoms with van der Waals surface area (Å²) in [6.07, 6.45) is 0.923. The maximum Gasteiger partial charge on any atom is 0.243 e. The summed E-state index contributed by atoms with van der Waals surface area (Å²) in [5, 5.41) is 7.36. The van der Waals surface area contributed by atoms with Crippen LogP contribution in [0.5, 0.6) is 0 Å². The molecule has 1 amide bonds. The smallest absolute Gasteiger partial charge is 0.243 e. The second kappa shape index (κ2) is 7.13. The van der Waals surface area contributed by atoms with E-state index in [1.165, 1.54) is 12.1 Å². The lowest BCUT2D eigenvalue weighted by atomic mass is 10.1. The molecule has 0 aromatic heterocycles. The topological polar surface area (TPSA) is 75.3 Å². The highest BCUT2D eigenvalue weighted by Gasteiger charge is 2.19. The first-order valence-corrected chi connectivity index (χ1v) is 9.75. The molecule has 0 spiro atoms. The Labute approximate surface area is 150 Å². The number of amides is 1. The number of hydrogen-bond donors (Lipinski definition) is 2. The van der Waals surface area contributed by atoms with Gasteiger partial charge in [0.05, 0.1) is 12.2 Å². The summed E-state index contributed by atoms with van der Waals surface area (Å²) in [5.74, 6) is -1.22. The van der Waals surface area contributed by atoms with Crippen molar-refractivity contribution in [3.63, 3.8) is 0 Å². The molecular weight excluding hydrogens is 355 g/mol. The van der Waals surface area contributed by atoms with E-state index >= 15 is 0 Å². The fourth-order valence-electron chi connectivity index (χ4n) is 2.73. The van der Waals surface area contributed by atoms with Crippen LogP contribution in [0.3, 0.4) is 0 Å². The molecule has 5 nitrogen and oxygen atoms in total. The molecule has 0 saturated carbocycles. The van der Waals surface area contributed by atoms with Gasteiger partial charge >= 0.3 is 0 Å². The number of fused-ring (bicyclic) bond motifs is 1. The summed E-state index contributed by atoms with van der Waals surface area (Å²) in [6.45, 7) is -0.199. The monoisotopic (exact) mass is 372 g/mol. The summed E-state index contributed by atoms with van der Waals surface area (Å²) in [7, 11) is -3.77. The summed E-state index contributed by atoms with van der Waals surface area (Å²) < 4.78 is 37.4. The molecule has 0 atom stereocenters. The van der Waals surface area contributed by atoms with Crippen molar-refractivity contribution in [3.8, 4) is 0 Å². The van der Waals surface area contributed by atoms with Crippen LogP contribution < -0.4 is 10.6 Å². The zero-order valence-electron chi connectivity index (χ0n) is 14.0. The Kier molecular flexibility index (Phi) is 4.90. The first kappa shape index (κ1) is 17.9. The van der Waals surface area contributed by atoms with Gasteiger partial charge in [-0.25, -0.2) is 12.8 Å². The number of carbonyl (C=O) groups is 1. The van der Waals surface area contributed by atoms with Gasteiger partial charge in [-0.3, -0.25) is 4.79 Å². The number of carbonyl (C=O) groups excluding carboxylic acids is 1. The van der Waals surface area contributed by atoms with Gasteiger partial charge in [-0.2, -0.15) is 0 Å². The van der Waals surface area contributed by atoms with E-state index in [2.05, 4.69) is 10.6 Å². The van der Waals surface area contributed by atoms with Gasteiger partial charge in [-0.1, -0.05) is 42.5 Å². The van der Waals surface area contributed by atoms with Crippen molar-refractivity contribution >= 4 is 37.9 Å². The highest BCUT2D eigenvalue weighted by Crippen LogP contribution is 2.25. The molecule has 0 aliphatic rings. The van der Waals surface area contributed by atoms with E-state index in [1.54, 1.807) is 6.07 Å². The molecule has 0 fully saturated rings. The third kappa shape index (κ3) is 3.83. The fraction of sp³-hybridized carbons (Fsp3) is 0.105. The average Bonchev–Trinajstić information content (AvgIpc) is 2.59. The third-order valence-electron chi connectivity index (χ3n) is 3.84. The van der Waals surface area contributed by atoms with Crippen LogP contribution in [0.15, 0.2) is 65.6 Å². The van der Waals surface area contributed by atoms with Crippen LogP contribution in [-0.2, 0) is 14.6 Å². The zero-order chi connectivity index (χ0) is 18.7. The Morgan fingerprint density at radius 1 is 0.962 bits per heavy atom. The summed E-state index contributed by atoms with van der Waals surface area (Å²) in [6, 6.07) is 17.0. The van der Waals surface area contributed by atoms with Crippen molar-refractivity contribution < 1.29 is 17.6 Å². The van der Waals surface area contributed by atoms with Crippen LogP contribution in [0.25, 0.3) is 10.8 Å². The van der Waals surface area contributed by atoms with Gasteiger partial charge in [0, 0.05) is 17.3 Å². The minimum Gasteiger partial charge on any atom is -0.375 e. The molecular formula is C19H17FN2O3S. The van der Waals surface area contributed by atoms with E-state index in [1.807, 2.05) is 36.4 Å². The van der Waals surface area contributed by atoms with E-state index in [9.17, 15) is 17.6 Å². The number of anilines is 2. The Morgan fingerprint density at radius 3 is 2.38 bits per heavy atom. The van der Waals surface area contributed by atoms with Gasteiger partial charge in [-0.05, 0) is 23.6 Å². The van der Waals surface area contributed by atoms with Crippen molar-refractivity contribution in [2.24, 2.45) is 0 Å². The third-order valence-corrected chi connectivity index (χ3v) is 5.00. The Hall–Kier alpha value is -2.93. The van der Waals surface area contributed by atoms with Crippen LogP contribution in [0, 0.1) is 5.82 Å². The van der Waals surface area contributed by atoms with Gasteiger partial charge < -0.3 is 10.6 Å². The van der Waals surface area contributed by atoms with Crippen molar-refractivity contribution in [1.82, 2.24) is 0 Å². The van der Waals surface area contributed by atoms with Gasteiger partial charge in [0.15, 0.2) is 9.84 Å². The standard InChI is InChI=1S/C19H17FN2O3S/c1-26(24,25)19-15(20)9-5-11-17(19)21-12-18(23)22-16-10-4-7-13-6-2-3-8-14(13)16/h2-11,21H,12H2,1H3,(H,22,23). The molecule has 7 heteroatoms. The SMILES string of the molecule is CS(=O)(=O)c1c(F)cccc1NCC(=O)Nc1cccc2ccccc12. The van der Waals surface area contributed by atoms with E-state index in [-0.39, 0.29) is 18.1 Å². The molecule has 0 aliphatic heterocycles. The number of benzene rings is 3. The van der Waals surface area contributed by atoms with Gasteiger partial charge in [-0.15, -0.1) is 0 Å². The number of nitrogens with one attached hydrogen (secondary N) is 2. The average molecular weight is 372 g/mol. The van der Waals surface area contributed by atoms with Crippen molar-refractivity contribution in [2.75, 3.05) is 23.4 Å². The molecule has 26 heavy (non-hydrogen) atoms. The van der Waals surface area contributed by atoms with Crippen molar-refractivity contribution in [3.05, 3.63) is 66.5 Å². The summed E-state index contributed by atoms with van der Waals surface area (Å²) >= 11 is 0. The second-order valence-corrected chi connectivity index (χ2v) is 7.77. The Balaban J connectivity index is 1.77. The predicted octanol–water partition coefficient (Wildman–Crippen LogP) is 3.43. The molecule has 0 radical (unpaired) electrons. The highest BCUT2D eigenvalue weighted by atomic mass is 32.2. The lowest BCUT2D eigenvalue weighted by molar-refractivity contribution is -0.114. The number of halogens is 1. The van der Waals surface area contributed by atoms with E-state index < -0.39 is 20.5 Å². The van der Waals surface area contributed by atoms with E-state index in [0.29, 0.717) is 5.69 Å². The quantitative estimate of drug-likeness (QED) is 0.719. The number of sulfone groups is 1. The number of rotatable bonds is 5. The van der Waals surface area contributed by atoms with Gasteiger partial charge in [0.1, 0.15) is 10.7 Å². The van der Waals surface area contributed by atoms with E-state index in [4.69, 9.17) is 0 Å². The Bertz CT molecular complexity index is 1080. The van der Waals surface area contributed by atoms with Crippen LogP contribution in [0.4, 0.5) is 15.8 Å². The van der Waals surface area contributed by atoms with Crippen molar-refractivity contribution in [1.29, 1.82) is 0 Å². The summed E-state index contributed by atoms with van der Waals surface area (Å²) in [5.41, 5.74) is 0.707. The van der Waals surface area contributed by atoms with Gasteiger partial charge in [0.25, 0.3) is 0 Å². The highest BCUT2D eigenvalue weighted by molar-refractivity contribution is 7.90. The van der Waals surface area contributed by atoms with Crippen molar-refractivity contribution in [2.45, 2.75) is 4.90 Å². The molecule has 0 aliphatic carbocycles. The molecule has 0 heterocycles.